The highest BCUT2D eigenvalue weighted by Crippen LogP contribution is 2.43. The van der Waals surface area contributed by atoms with E-state index >= 15 is 0 Å². The first-order valence-corrected chi connectivity index (χ1v) is 13.5. The molecule has 10 heteroatoms. The second kappa shape index (κ2) is 11.5. The second-order valence-corrected chi connectivity index (χ2v) is 12.6. The number of benzene rings is 1. The van der Waals surface area contributed by atoms with E-state index in [1.54, 1.807) is 6.07 Å². The fraction of sp³-hybridized carbons (Fsp3) is 0.750. The van der Waals surface area contributed by atoms with E-state index in [0.29, 0.717) is 43.0 Å². The lowest BCUT2D eigenvalue weighted by Gasteiger charge is -2.55. The van der Waals surface area contributed by atoms with Gasteiger partial charge < -0.3 is 19.1 Å². The van der Waals surface area contributed by atoms with Crippen LogP contribution in [0.3, 0.4) is 0 Å². The Morgan fingerprint density at radius 3 is 2.18 bits per heavy atom. The molecule has 2 N–H and O–H groups in total. The van der Waals surface area contributed by atoms with Gasteiger partial charge in [-0.2, -0.15) is 8.42 Å². The molecule has 0 bridgehead atoms. The van der Waals surface area contributed by atoms with Crippen LogP contribution in [0.1, 0.15) is 51.7 Å². The molecule has 1 unspecified atom stereocenters. The number of hydrogen-bond donors (Lipinski definition) is 2. The minimum atomic E-state index is -4.35. The van der Waals surface area contributed by atoms with Gasteiger partial charge in [0.15, 0.2) is 0 Å². The van der Waals surface area contributed by atoms with Crippen LogP contribution in [-0.2, 0) is 26.1 Å². The maximum Gasteiger partial charge on any atom is 0.295 e. The zero-order chi connectivity index (χ0) is 25.8. The van der Waals surface area contributed by atoms with Crippen LogP contribution in [0, 0.1) is 6.92 Å². The molecule has 1 saturated heterocycles. The number of ether oxygens (including phenoxy) is 2. The van der Waals surface area contributed by atoms with Crippen LogP contribution in [0.4, 0.5) is 0 Å². The Kier molecular flexibility index (Phi) is 9.98. The predicted molar refractivity (Wildman–Crippen MR) is 133 cm³/mol. The van der Waals surface area contributed by atoms with Gasteiger partial charge in [-0.15, -0.1) is 0 Å². The van der Waals surface area contributed by atoms with E-state index in [-0.39, 0.29) is 35.2 Å². The minimum Gasteiger partial charge on any atom is -0.394 e. The molecule has 8 nitrogen and oxygen atoms in total. The number of likely N-dealkylation sites (N-methyl/N-ethyl adjacent to an activating group) is 1. The normalized spacial score (nSPS) is 20.9. The Morgan fingerprint density at radius 2 is 1.65 bits per heavy atom. The molecule has 0 aliphatic carbocycles. The Balaban J connectivity index is 2.34. The molecule has 0 aromatic heterocycles. The van der Waals surface area contributed by atoms with E-state index in [9.17, 15) is 13.0 Å². The Labute approximate surface area is 210 Å². The van der Waals surface area contributed by atoms with Gasteiger partial charge in [0.2, 0.25) is 0 Å². The molecule has 0 spiro atoms. The summed E-state index contributed by atoms with van der Waals surface area (Å²) in [4.78, 5) is -0.0472. The number of nitrogens with zero attached hydrogens (tertiary/aromatic N) is 2. The summed E-state index contributed by atoms with van der Waals surface area (Å²) < 4.78 is 47.7. The summed E-state index contributed by atoms with van der Waals surface area (Å²) in [5, 5.41) is 8.82. The largest absolute Gasteiger partial charge is 0.394 e. The molecule has 1 atom stereocenters. The number of hydrogen-bond acceptors (Lipinski definition) is 6. The van der Waals surface area contributed by atoms with Gasteiger partial charge in [0, 0.05) is 29.5 Å². The molecule has 1 aliphatic heterocycles. The van der Waals surface area contributed by atoms with E-state index in [4.69, 9.17) is 26.4 Å². The molecular formula is C24H42ClN2O6S+. The maximum absolute atomic E-state index is 12.1. The number of aliphatic hydroxyl groups excluding tert-OH is 1. The summed E-state index contributed by atoms with van der Waals surface area (Å²) in [5.41, 5.74) is 1.01. The molecule has 1 aromatic carbocycles. The van der Waals surface area contributed by atoms with E-state index in [0.717, 1.165) is 18.4 Å². The monoisotopic (exact) mass is 521 g/mol. The fourth-order valence-electron chi connectivity index (χ4n) is 5.17. The van der Waals surface area contributed by atoms with Crippen LogP contribution >= 0.6 is 11.8 Å². The standard InChI is InChI=1S/C24H41ClN2O6S/c1-19-7-8-22(34(29,30)31)20(15-19)18-27(6,9-11-32-13-14-33-12-10-28)21-16-23(2,3)26(25)24(4,5)17-21/h7-8,15,21,28H,9-14,16-18H2,1-6H3/p+1. The van der Waals surface area contributed by atoms with E-state index in [1.165, 1.54) is 6.07 Å². The lowest BCUT2D eigenvalue weighted by Crippen LogP contribution is -2.65. The highest BCUT2D eigenvalue weighted by Gasteiger charge is 2.51. The van der Waals surface area contributed by atoms with Crippen molar-refractivity contribution in [2.75, 3.05) is 46.6 Å². The zero-order valence-corrected chi connectivity index (χ0v) is 23.0. The summed E-state index contributed by atoms with van der Waals surface area (Å²) in [6.45, 7) is 13.1. The van der Waals surface area contributed by atoms with E-state index in [2.05, 4.69) is 34.7 Å². The Bertz CT molecular complexity index is 906. The molecule has 196 valence electrons. The molecule has 1 heterocycles. The van der Waals surface area contributed by atoms with Crippen LogP contribution in [-0.4, -0.2) is 90.7 Å². The van der Waals surface area contributed by atoms with Crippen molar-refractivity contribution in [3.05, 3.63) is 29.3 Å². The van der Waals surface area contributed by atoms with Crippen molar-refractivity contribution >= 4 is 21.9 Å². The molecule has 2 rings (SSSR count). The van der Waals surface area contributed by atoms with Crippen molar-refractivity contribution in [3.8, 4) is 0 Å². The third-order valence-electron chi connectivity index (χ3n) is 6.79. The number of aliphatic hydroxyl groups is 1. The van der Waals surface area contributed by atoms with Gasteiger partial charge in [-0.25, -0.2) is 4.42 Å². The first-order valence-electron chi connectivity index (χ1n) is 11.8. The number of aryl methyl sites for hydroxylation is 1. The quantitative estimate of drug-likeness (QED) is 0.188. The minimum absolute atomic E-state index is 0.0214. The number of rotatable bonds is 12. The molecule has 0 saturated carbocycles. The van der Waals surface area contributed by atoms with Gasteiger partial charge in [0.25, 0.3) is 10.1 Å². The van der Waals surface area contributed by atoms with Gasteiger partial charge in [-0.05, 0) is 58.5 Å². The van der Waals surface area contributed by atoms with Gasteiger partial charge in [-0.3, -0.25) is 4.55 Å². The maximum atomic E-state index is 12.1. The first kappa shape index (κ1) is 29.5. The van der Waals surface area contributed by atoms with Crippen molar-refractivity contribution < 1.29 is 32.0 Å². The van der Waals surface area contributed by atoms with Crippen LogP contribution in [0.25, 0.3) is 0 Å². The first-order chi connectivity index (χ1) is 15.6. The van der Waals surface area contributed by atoms with Crippen LogP contribution in [0.15, 0.2) is 23.1 Å². The van der Waals surface area contributed by atoms with E-state index in [1.807, 2.05) is 17.4 Å². The van der Waals surface area contributed by atoms with Crippen molar-refractivity contribution in [1.29, 1.82) is 0 Å². The molecule has 0 amide bonds. The molecule has 0 radical (unpaired) electrons. The summed E-state index contributed by atoms with van der Waals surface area (Å²) in [6.07, 6.45) is 1.64. The summed E-state index contributed by atoms with van der Waals surface area (Å²) in [5.74, 6) is 0. The van der Waals surface area contributed by atoms with E-state index < -0.39 is 10.1 Å². The van der Waals surface area contributed by atoms with Crippen molar-refractivity contribution in [2.45, 2.75) is 76.0 Å². The van der Waals surface area contributed by atoms with Gasteiger partial charge in [0.05, 0.1) is 46.1 Å². The molecule has 1 aromatic rings. The molecule has 1 aliphatic rings. The predicted octanol–water partition coefficient (Wildman–Crippen LogP) is 3.39. The Morgan fingerprint density at radius 1 is 1.09 bits per heavy atom. The highest BCUT2D eigenvalue weighted by atomic mass is 35.5. The van der Waals surface area contributed by atoms with Gasteiger partial charge in [-0.1, -0.05) is 11.6 Å². The lowest BCUT2D eigenvalue weighted by atomic mass is 9.78. The Hall–Kier alpha value is -0.780. The average molecular weight is 522 g/mol. The number of quaternary nitrogens is 1. The summed E-state index contributed by atoms with van der Waals surface area (Å²) >= 11 is 6.73. The van der Waals surface area contributed by atoms with Crippen molar-refractivity contribution in [2.24, 2.45) is 0 Å². The third-order valence-corrected chi connectivity index (χ3v) is 8.66. The van der Waals surface area contributed by atoms with Crippen LogP contribution in [0.2, 0.25) is 0 Å². The molecule has 34 heavy (non-hydrogen) atoms. The SMILES string of the molecule is Cc1ccc(S(=O)(=O)O)c(C[N+](C)(CCOCCOCCO)C2CC(C)(C)N(Cl)C(C)(C)C2)c1. The second-order valence-electron chi connectivity index (χ2n) is 10.9. The summed E-state index contributed by atoms with van der Waals surface area (Å²) in [7, 11) is -2.23. The lowest BCUT2D eigenvalue weighted by molar-refractivity contribution is -0.949. The fourth-order valence-corrected chi connectivity index (χ4v) is 6.00. The smallest absolute Gasteiger partial charge is 0.295 e. The summed E-state index contributed by atoms with van der Waals surface area (Å²) in [6, 6.07) is 5.21. The van der Waals surface area contributed by atoms with Crippen molar-refractivity contribution in [1.82, 2.24) is 4.42 Å². The molecular weight excluding hydrogens is 480 g/mol. The third kappa shape index (κ3) is 7.61. The average Bonchev–Trinajstić information content (AvgIpc) is 2.70. The van der Waals surface area contributed by atoms with Gasteiger partial charge in [0.1, 0.15) is 18.0 Å². The van der Waals surface area contributed by atoms with Crippen molar-refractivity contribution in [3.63, 3.8) is 0 Å². The van der Waals surface area contributed by atoms with Gasteiger partial charge >= 0.3 is 0 Å². The topological polar surface area (TPSA) is 96.3 Å². The number of halogens is 1. The zero-order valence-electron chi connectivity index (χ0n) is 21.4. The number of piperidine rings is 1. The highest BCUT2D eigenvalue weighted by molar-refractivity contribution is 7.85. The van der Waals surface area contributed by atoms with Crippen LogP contribution < -0.4 is 0 Å². The molecule has 1 fully saturated rings. The van der Waals surface area contributed by atoms with Crippen LogP contribution in [0.5, 0.6) is 0 Å².